The summed E-state index contributed by atoms with van der Waals surface area (Å²) in [6.45, 7) is 5.52. The average molecular weight is 270 g/mol. The summed E-state index contributed by atoms with van der Waals surface area (Å²) in [7, 11) is 1.86. The van der Waals surface area contributed by atoms with Gasteiger partial charge >= 0.3 is 0 Å². The molecule has 0 radical (unpaired) electrons. The van der Waals surface area contributed by atoms with Crippen LogP contribution in [0.25, 0.3) is 0 Å². The molecule has 4 nitrogen and oxygen atoms in total. The second kappa shape index (κ2) is 6.36. The van der Waals surface area contributed by atoms with Gasteiger partial charge in [-0.1, -0.05) is 18.5 Å². The zero-order valence-electron chi connectivity index (χ0n) is 10.9. The molecule has 0 aromatic carbocycles. The molecular formula is C13H20ClN3O. The molecule has 0 saturated carbocycles. The highest BCUT2D eigenvalue weighted by atomic mass is 35.5. The predicted molar refractivity (Wildman–Crippen MR) is 74.1 cm³/mol. The Kier molecular flexibility index (Phi) is 4.80. The number of halogens is 1. The molecule has 2 rings (SSSR count). The van der Waals surface area contributed by atoms with Gasteiger partial charge in [0.25, 0.3) is 0 Å². The minimum absolute atomic E-state index is 0.467. The van der Waals surface area contributed by atoms with E-state index in [9.17, 15) is 0 Å². The van der Waals surface area contributed by atoms with Crippen LogP contribution in [0.15, 0.2) is 12.1 Å². The van der Waals surface area contributed by atoms with E-state index in [1.54, 1.807) is 0 Å². The molecule has 0 aliphatic carbocycles. The third kappa shape index (κ3) is 3.13. The minimum Gasteiger partial charge on any atom is -0.378 e. The minimum atomic E-state index is 0.467. The Labute approximate surface area is 113 Å². The second-order valence-corrected chi connectivity index (χ2v) is 4.89. The molecule has 0 amide bonds. The summed E-state index contributed by atoms with van der Waals surface area (Å²) in [5.41, 5.74) is 0.934. The molecule has 0 bridgehead atoms. The van der Waals surface area contributed by atoms with Gasteiger partial charge in [-0.25, -0.2) is 4.98 Å². The van der Waals surface area contributed by atoms with E-state index in [-0.39, 0.29) is 0 Å². The van der Waals surface area contributed by atoms with Crippen LogP contribution in [0, 0.1) is 0 Å². The SMILES string of the molecule is CCC1COCCN1Cc1nc(NC)ccc1Cl. The quantitative estimate of drug-likeness (QED) is 0.911. The number of nitrogens with one attached hydrogen (secondary N) is 1. The van der Waals surface area contributed by atoms with Crippen LogP contribution >= 0.6 is 11.6 Å². The fourth-order valence-corrected chi connectivity index (χ4v) is 2.37. The van der Waals surface area contributed by atoms with Crippen LogP contribution in [0.1, 0.15) is 19.0 Å². The third-order valence-electron chi connectivity index (χ3n) is 3.35. The normalized spacial score (nSPS) is 20.9. The fourth-order valence-electron chi connectivity index (χ4n) is 2.20. The van der Waals surface area contributed by atoms with Crippen molar-refractivity contribution in [2.24, 2.45) is 0 Å². The van der Waals surface area contributed by atoms with Crippen LogP contribution in [-0.2, 0) is 11.3 Å². The molecule has 1 aliphatic rings. The maximum Gasteiger partial charge on any atom is 0.126 e. The van der Waals surface area contributed by atoms with E-state index in [2.05, 4.69) is 22.1 Å². The summed E-state index contributed by atoms with van der Waals surface area (Å²) in [5, 5.41) is 3.78. The molecule has 1 unspecified atom stereocenters. The van der Waals surface area contributed by atoms with Gasteiger partial charge in [-0.05, 0) is 18.6 Å². The van der Waals surface area contributed by atoms with Crippen molar-refractivity contribution in [3.05, 3.63) is 22.8 Å². The van der Waals surface area contributed by atoms with Crippen LogP contribution in [0.2, 0.25) is 5.02 Å². The van der Waals surface area contributed by atoms with Crippen LogP contribution in [0.4, 0.5) is 5.82 Å². The summed E-state index contributed by atoms with van der Waals surface area (Å²) in [5.74, 6) is 0.857. The van der Waals surface area contributed by atoms with Crippen molar-refractivity contribution in [3.63, 3.8) is 0 Å². The predicted octanol–water partition coefficient (Wildman–Crippen LogP) is 2.39. The van der Waals surface area contributed by atoms with Gasteiger partial charge in [0.05, 0.1) is 23.9 Å². The van der Waals surface area contributed by atoms with Gasteiger partial charge in [0, 0.05) is 26.2 Å². The van der Waals surface area contributed by atoms with Crippen molar-refractivity contribution in [3.8, 4) is 0 Å². The molecule has 1 fully saturated rings. The van der Waals surface area contributed by atoms with Crippen LogP contribution in [0.5, 0.6) is 0 Å². The smallest absolute Gasteiger partial charge is 0.126 e. The van der Waals surface area contributed by atoms with Gasteiger partial charge < -0.3 is 10.1 Å². The maximum absolute atomic E-state index is 6.22. The number of rotatable bonds is 4. The molecule has 18 heavy (non-hydrogen) atoms. The van der Waals surface area contributed by atoms with Crippen molar-refractivity contribution in [2.75, 3.05) is 32.1 Å². The number of morpholine rings is 1. The summed E-state index contributed by atoms with van der Waals surface area (Å²) in [6.07, 6.45) is 1.09. The summed E-state index contributed by atoms with van der Waals surface area (Å²) in [6, 6.07) is 4.26. The van der Waals surface area contributed by atoms with E-state index in [1.807, 2.05) is 19.2 Å². The van der Waals surface area contributed by atoms with Crippen LogP contribution in [-0.4, -0.2) is 42.7 Å². The lowest BCUT2D eigenvalue weighted by Gasteiger charge is -2.34. The first-order chi connectivity index (χ1) is 8.74. The largest absolute Gasteiger partial charge is 0.378 e. The highest BCUT2D eigenvalue weighted by Gasteiger charge is 2.22. The summed E-state index contributed by atoms with van der Waals surface area (Å²) in [4.78, 5) is 6.93. The monoisotopic (exact) mass is 269 g/mol. The molecule has 0 spiro atoms. The molecular weight excluding hydrogens is 250 g/mol. The molecule has 1 aromatic rings. The average Bonchev–Trinajstić information content (AvgIpc) is 2.42. The standard InChI is InChI=1S/C13H20ClN3O/c1-3-10-9-18-7-6-17(10)8-12-11(14)4-5-13(15-2)16-12/h4-5,10H,3,6-9H2,1-2H3,(H,15,16). The Balaban J connectivity index is 2.11. The molecule has 1 saturated heterocycles. The Bertz CT molecular complexity index is 400. The lowest BCUT2D eigenvalue weighted by Crippen LogP contribution is -2.44. The van der Waals surface area contributed by atoms with Crippen LogP contribution < -0.4 is 5.32 Å². The first kappa shape index (κ1) is 13.6. The molecule has 1 aromatic heterocycles. The third-order valence-corrected chi connectivity index (χ3v) is 3.69. The first-order valence-electron chi connectivity index (χ1n) is 6.39. The number of ether oxygens (including phenoxy) is 1. The lowest BCUT2D eigenvalue weighted by atomic mass is 10.1. The number of hydrogen-bond donors (Lipinski definition) is 1. The number of pyridine rings is 1. The molecule has 1 N–H and O–H groups in total. The van der Waals surface area contributed by atoms with Crippen LogP contribution in [0.3, 0.4) is 0 Å². The Hall–Kier alpha value is -0.840. The Morgan fingerprint density at radius 3 is 3.11 bits per heavy atom. The number of nitrogens with zero attached hydrogens (tertiary/aromatic N) is 2. The number of hydrogen-bond acceptors (Lipinski definition) is 4. The maximum atomic E-state index is 6.22. The van der Waals surface area contributed by atoms with E-state index in [1.165, 1.54) is 0 Å². The Morgan fingerprint density at radius 1 is 1.56 bits per heavy atom. The van der Waals surface area contributed by atoms with Gasteiger partial charge in [0.15, 0.2) is 0 Å². The molecule has 1 aliphatic heterocycles. The van der Waals surface area contributed by atoms with Crippen molar-refractivity contribution in [1.29, 1.82) is 0 Å². The number of anilines is 1. The zero-order chi connectivity index (χ0) is 13.0. The summed E-state index contributed by atoms with van der Waals surface area (Å²) >= 11 is 6.22. The highest BCUT2D eigenvalue weighted by Crippen LogP contribution is 2.21. The number of aromatic nitrogens is 1. The molecule has 5 heteroatoms. The summed E-state index contributed by atoms with van der Waals surface area (Å²) < 4.78 is 5.51. The fraction of sp³-hybridized carbons (Fsp3) is 0.615. The molecule has 1 atom stereocenters. The van der Waals surface area contributed by atoms with E-state index >= 15 is 0 Å². The molecule has 2 heterocycles. The van der Waals surface area contributed by atoms with E-state index < -0.39 is 0 Å². The first-order valence-corrected chi connectivity index (χ1v) is 6.77. The second-order valence-electron chi connectivity index (χ2n) is 4.48. The van der Waals surface area contributed by atoms with Crippen molar-refractivity contribution >= 4 is 17.4 Å². The van der Waals surface area contributed by atoms with Crippen molar-refractivity contribution in [1.82, 2.24) is 9.88 Å². The topological polar surface area (TPSA) is 37.4 Å². The molecule has 100 valence electrons. The van der Waals surface area contributed by atoms with Gasteiger partial charge in [-0.3, -0.25) is 4.90 Å². The van der Waals surface area contributed by atoms with Gasteiger partial charge in [0.2, 0.25) is 0 Å². The van der Waals surface area contributed by atoms with Crippen molar-refractivity contribution < 1.29 is 4.74 Å². The van der Waals surface area contributed by atoms with E-state index in [4.69, 9.17) is 16.3 Å². The van der Waals surface area contributed by atoms with E-state index in [0.717, 1.165) is 49.3 Å². The van der Waals surface area contributed by atoms with Gasteiger partial charge in [-0.15, -0.1) is 0 Å². The Morgan fingerprint density at radius 2 is 2.39 bits per heavy atom. The van der Waals surface area contributed by atoms with Gasteiger partial charge in [0.1, 0.15) is 5.82 Å². The zero-order valence-corrected chi connectivity index (χ0v) is 11.7. The van der Waals surface area contributed by atoms with Gasteiger partial charge in [-0.2, -0.15) is 0 Å². The lowest BCUT2D eigenvalue weighted by molar-refractivity contribution is -0.0132. The van der Waals surface area contributed by atoms with Crippen molar-refractivity contribution in [2.45, 2.75) is 25.9 Å². The highest BCUT2D eigenvalue weighted by molar-refractivity contribution is 6.31. The van der Waals surface area contributed by atoms with E-state index in [0.29, 0.717) is 6.04 Å².